The van der Waals surface area contributed by atoms with E-state index >= 15 is 0 Å². The molecule has 0 atom stereocenters. The second kappa shape index (κ2) is 7.67. The highest BCUT2D eigenvalue weighted by Gasteiger charge is 2.00. The van der Waals surface area contributed by atoms with E-state index in [1.165, 1.54) is 5.56 Å². The number of nitrogens with one attached hydrogen (secondary N) is 1. The van der Waals surface area contributed by atoms with E-state index in [4.69, 9.17) is 11.6 Å². The fraction of sp³-hybridized carbons (Fsp3) is 0.250. The van der Waals surface area contributed by atoms with Gasteiger partial charge in [0.2, 0.25) is 0 Å². The van der Waals surface area contributed by atoms with Crippen LogP contribution < -0.4 is 5.32 Å². The highest BCUT2D eigenvalue weighted by Crippen LogP contribution is 2.14. The van der Waals surface area contributed by atoms with Crippen LogP contribution in [0.15, 0.2) is 53.0 Å². The largest absolute Gasteiger partial charge is 0.384 e. The van der Waals surface area contributed by atoms with Crippen LogP contribution in [0.2, 0.25) is 5.02 Å². The van der Waals surface area contributed by atoms with Crippen LogP contribution in [-0.2, 0) is 6.54 Å². The van der Waals surface area contributed by atoms with Crippen molar-refractivity contribution in [2.45, 2.75) is 6.54 Å². The first-order valence-electron chi connectivity index (χ1n) is 6.56. The highest BCUT2D eigenvalue weighted by atomic mass is 79.9. The van der Waals surface area contributed by atoms with Gasteiger partial charge >= 0.3 is 0 Å². The highest BCUT2D eigenvalue weighted by molar-refractivity contribution is 9.10. The maximum absolute atomic E-state index is 5.88. The Bertz CT molecular complexity index is 525. The van der Waals surface area contributed by atoms with Gasteiger partial charge in [-0.15, -0.1) is 0 Å². The molecule has 0 saturated carbocycles. The number of benzene rings is 2. The molecule has 1 N–H and O–H groups in total. The normalized spacial score (nSPS) is 10.8. The number of likely N-dealkylation sites (N-methyl/N-ethyl adjacent to an activating group) is 1. The minimum atomic E-state index is 0.785. The molecule has 0 saturated heterocycles. The number of nitrogens with zero attached hydrogens (tertiary/aromatic N) is 1. The second-order valence-corrected chi connectivity index (χ2v) is 6.15. The molecule has 0 bridgehead atoms. The van der Waals surface area contributed by atoms with Gasteiger partial charge < -0.3 is 10.2 Å². The van der Waals surface area contributed by atoms with Gasteiger partial charge in [0.25, 0.3) is 0 Å². The first-order chi connectivity index (χ1) is 9.63. The Morgan fingerprint density at radius 1 is 1.05 bits per heavy atom. The molecule has 0 heterocycles. The fourth-order valence-corrected chi connectivity index (χ4v) is 2.33. The van der Waals surface area contributed by atoms with Crippen LogP contribution in [0.25, 0.3) is 0 Å². The van der Waals surface area contributed by atoms with Crippen LogP contribution in [0.4, 0.5) is 5.69 Å². The van der Waals surface area contributed by atoms with E-state index in [9.17, 15) is 0 Å². The summed E-state index contributed by atoms with van der Waals surface area (Å²) in [5.74, 6) is 0. The van der Waals surface area contributed by atoms with Crippen LogP contribution in [-0.4, -0.2) is 25.0 Å². The Balaban J connectivity index is 1.73. The van der Waals surface area contributed by atoms with E-state index in [0.29, 0.717) is 0 Å². The molecule has 0 aliphatic heterocycles. The Morgan fingerprint density at radius 3 is 2.35 bits per heavy atom. The lowest BCUT2D eigenvalue weighted by Gasteiger charge is -2.17. The zero-order valence-corrected chi connectivity index (χ0v) is 13.8. The lowest BCUT2D eigenvalue weighted by Crippen LogP contribution is -2.24. The molecule has 2 nitrogen and oxygen atoms in total. The predicted octanol–water partition coefficient (Wildman–Crippen LogP) is 4.65. The zero-order valence-electron chi connectivity index (χ0n) is 11.4. The van der Waals surface area contributed by atoms with E-state index in [2.05, 4.69) is 57.5 Å². The Labute approximate surface area is 133 Å². The molecule has 0 unspecified atom stereocenters. The van der Waals surface area contributed by atoms with Crippen molar-refractivity contribution >= 4 is 33.2 Å². The number of halogens is 2. The van der Waals surface area contributed by atoms with E-state index in [-0.39, 0.29) is 0 Å². The van der Waals surface area contributed by atoms with Crippen LogP contribution in [0, 0.1) is 0 Å². The summed E-state index contributed by atoms with van der Waals surface area (Å²) in [4.78, 5) is 2.29. The first-order valence-corrected chi connectivity index (χ1v) is 7.73. The maximum Gasteiger partial charge on any atom is 0.0406 e. The van der Waals surface area contributed by atoms with Crippen molar-refractivity contribution in [3.63, 3.8) is 0 Å². The lowest BCUT2D eigenvalue weighted by atomic mass is 10.2. The summed E-state index contributed by atoms with van der Waals surface area (Å²) in [7, 11) is 2.12. The summed E-state index contributed by atoms with van der Waals surface area (Å²) in [6.45, 7) is 2.84. The molecule has 106 valence electrons. The molecule has 0 radical (unpaired) electrons. The molecule has 20 heavy (non-hydrogen) atoms. The number of hydrogen-bond acceptors (Lipinski definition) is 2. The van der Waals surface area contributed by atoms with Crippen molar-refractivity contribution < 1.29 is 0 Å². The van der Waals surface area contributed by atoms with Gasteiger partial charge in [-0.2, -0.15) is 0 Å². The first kappa shape index (κ1) is 15.4. The lowest BCUT2D eigenvalue weighted by molar-refractivity contribution is 0.340. The van der Waals surface area contributed by atoms with Crippen LogP contribution in [0.5, 0.6) is 0 Å². The van der Waals surface area contributed by atoms with E-state index in [1.807, 2.05) is 24.3 Å². The van der Waals surface area contributed by atoms with Gasteiger partial charge in [-0.3, -0.25) is 0 Å². The molecule has 0 fully saturated rings. The van der Waals surface area contributed by atoms with Crippen LogP contribution in [0.1, 0.15) is 5.56 Å². The number of rotatable bonds is 6. The predicted molar refractivity (Wildman–Crippen MR) is 90.4 cm³/mol. The molecule has 0 spiro atoms. The summed E-state index contributed by atoms with van der Waals surface area (Å²) in [5.41, 5.74) is 2.42. The zero-order chi connectivity index (χ0) is 14.4. The van der Waals surface area contributed by atoms with Crippen molar-refractivity contribution in [2.24, 2.45) is 0 Å². The maximum atomic E-state index is 5.88. The summed E-state index contributed by atoms with van der Waals surface area (Å²) in [6.07, 6.45) is 0. The van der Waals surface area contributed by atoms with Gasteiger partial charge in [-0.25, -0.2) is 0 Å². The number of anilines is 1. The molecular weight excluding hydrogens is 336 g/mol. The summed E-state index contributed by atoms with van der Waals surface area (Å²) in [5, 5.41) is 4.20. The average molecular weight is 354 g/mol. The molecule has 0 aliphatic rings. The Hall–Kier alpha value is -1.03. The minimum Gasteiger partial charge on any atom is -0.384 e. The van der Waals surface area contributed by atoms with Gasteiger partial charge in [0.1, 0.15) is 0 Å². The fourth-order valence-electron chi connectivity index (χ4n) is 1.94. The third-order valence-corrected chi connectivity index (χ3v) is 3.81. The summed E-state index contributed by atoms with van der Waals surface area (Å²) in [6, 6.07) is 16.2. The molecule has 2 rings (SSSR count). The molecule has 0 aromatic heterocycles. The van der Waals surface area contributed by atoms with E-state index in [0.717, 1.165) is 34.8 Å². The smallest absolute Gasteiger partial charge is 0.0406 e. The molecular formula is C16H18BrClN2. The van der Waals surface area contributed by atoms with Crippen LogP contribution >= 0.6 is 27.5 Å². The molecule has 4 heteroatoms. The third kappa shape index (κ3) is 5.16. The summed E-state index contributed by atoms with van der Waals surface area (Å²) >= 11 is 9.32. The third-order valence-electron chi connectivity index (χ3n) is 3.03. The Morgan fingerprint density at radius 2 is 1.70 bits per heavy atom. The average Bonchev–Trinajstić information content (AvgIpc) is 2.44. The van der Waals surface area contributed by atoms with Crippen molar-refractivity contribution in [1.29, 1.82) is 0 Å². The van der Waals surface area contributed by atoms with Crippen LogP contribution in [0.3, 0.4) is 0 Å². The molecule has 2 aromatic carbocycles. The monoisotopic (exact) mass is 352 g/mol. The molecule has 0 amide bonds. The SMILES string of the molecule is CN(CCNc1ccc(Br)cc1)Cc1ccc(Cl)cc1. The van der Waals surface area contributed by atoms with Crippen molar-refractivity contribution in [1.82, 2.24) is 4.90 Å². The molecule has 0 aliphatic carbocycles. The minimum absolute atomic E-state index is 0.785. The van der Waals surface area contributed by atoms with Gasteiger partial charge in [0.15, 0.2) is 0 Å². The quantitative estimate of drug-likeness (QED) is 0.813. The topological polar surface area (TPSA) is 15.3 Å². The van der Waals surface area contributed by atoms with Crippen molar-refractivity contribution in [3.8, 4) is 0 Å². The standard InChI is InChI=1S/C16H18BrClN2/c1-20(12-13-2-6-15(18)7-3-13)11-10-19-16-8-4-14(17)5-9-16/h2-9,19H,10-12H2,1H3. The van der Waals surface area contributed by atoms with Gasteiger partial charge in [0.05, 0.1) is 0 Å². The van der Waals surface area contributed by atoms with Crippen molar-refractivity contribution in [3.05, 3.63) is 63.6 Å². The summed E-state index contributed by atoms with van der Waals surface area (Å²) < 4.78 is 1.10. The van der Waals surface area contributed by atoms with Gasteiger partial charge in [0, 0.05) is 34.8 Å². The number of hydrogen-bond donors (Lipinski definition) is 1. The molecule has 2 aromatic rings. The van der Waals surface area contributed by atoms with Crippen molar-refractivity contribution in [2.75, 3.05) is 25.5 Å². The van der Waals surface area contributed by atoms with E-state index < -0.39 is 0 Å². The van der Waals surface area contributed by atoms with Gasteiger partial charge in [-0.1, -0.05) is 39.7 Å². The second-order valence-electron chi connectivity index (χ2n) is 4.80. The Kier molecular flexibility index (Phi) is 5.89. The van der Waals surface area contributed by atoms with Gasteiger partial charge in [-0.05, 0) is 49.0 Å². The van der Waals surface area contributed by atoms with E-state index in [1.54, 1.807) is 0 Å².